The highest BCUT2D eigenvalue weighted by Gasteiger charge is 2.33. The summed E-state index contributed by atoms with van der Waals surface area (Å²) in [5.41, 5.74) is 0.939. The molecule has 0 amide bonds. The molecule has 2 aromatic rings. The standard InChI is InChI=1S/C16H18N4O/c1-11-18-16(21-19-11)12-6-7-17-15(8-12)20-9-13-4-2-3-5-14(13)10-20/h2-3,6-8,13-14H,4-5,9-10H2,1H3. The van der Waals surface area contributed by atoms with Crippen molar-refractivity contribution >= 4 is 5.82 Å². The van der Waals surface area contributed by atoms with Crippen molar-refractivity contribution in [2.75, 3.05) is 18.0 Å². The molecule has 21 heavy (non-hydrogen) atoms. The Morgan fingerprint density at radius 2 is 1.95 bits per heavy atom. The Kier molecular flexibility index (Phi) is 2.98. The molecule has 0 N–H and O–H groups in total. The van der Waals surface area contributed by atoms with Crippen LogP contribution in [0.5, 0.6) is 0 Å². The number of fused-ring (bicyclic) bond motifs is 1. The van der Waals surface area contributed by atoms with Gasteiger partial charge in [0.05, 0.1) is 0 Å². The van der Waals surface area contributed by atoms with Crippen molar-refractivity contribution < 1.29 is 4.52 Å². The molecule has 2 aromatic heterocycles. The van der Waals surface area contributed by atoms with Crippen molar-refractivity contribution in [3.8, 4) is 11.5 Å². The van der Waals surface area contributed by atoms with Gasteiger partial charge >= 0.3 is 0 Å². The second-order valence-corrected chi connectivity index (χ2v) is 5.92. The zero-order valence-corrected chi connectivity index (χ0v) is 12.1. The molecule has 1 aliphatic heterocycles. The van der Waals surface area contributed by atoms with Gasteiger partial charge in [0, 0.05) is 24.8 Å². The molecule has 2 unspecified atom stereocenters. The van der Waals surface area contributed by atoms with E-state index in [-0.39, 0.29) is 0 Å². The van der Waals surface area contributed by atoms with E-state index in [4.69, 9.17) is 4.52 Å². The zero-order chi connectivity index (χ0) is 14.2. The third kappa shape index (κ3) is 2.33. The Balaban J connectivity index is 1.59. The van der Waals surface area contributed by atoms with Crippen LogP contribution in [0.3, 0.4) is 0 Å². The summed E-state index contributed by atoms with van der Waals surface area (Å²) in [6.07, 6.45) is 8.85. The smallest absolute Gasteiger partial charge is 0.258 e. The minimum atomic E-state index is 0.564. The second kappa shape index (κ2) is 4.98. The van der Waals surface area contributed by atoms with Crippen LogP contribution in [0.2, 0.25) is 0 Å². The summed E-state index contributed by atoms with van der Waals surface area (Å²) in [6.45, 7) is 4.01. The van der Waals surface area contributed by atoms with Crippen LogP contribution in [0.4, 0.5) is 5.82 Å². The summed E-state index contributed by atoms with van der Waals surface area (Å²) in [7, 11) is 0. The first-order valence-electron chi connectivity index (χ1n) is 7.46. The summed E-state index contributed by atoms with van der Waals surface area (Å²) >= 11 is 0. The number of aromatic nitrogens is 3. The summed E-state index contributed by atoms with van der Waals surface area (Å²) in [5.74, 6) is 3.77. The van der Waals surface area contributed by atoms with Crippen LogP contribution in [0, 0.1) is 18.8 Å². The topological polar surface area (TPSA) is 55.1 Å². The third-order valence-electron chi connectivity index (χ3n) is 4.46. The lowest BCUT2D eigenvalue weighted by Crippen LogP contribution is -2.20. The Hall–Kier alpha value is -2.17. The van der Waals surface area contributed by atoms with Gasteiger partial charge in [-0.15, -0.1) is 0 Å². The largest absolute Gasteiger partial charge is 0.356 e. The van der Waals surface area contributed by atoms with Crippen LogP contribution < -0.4 is 4.90 Å². The summed E-state index contributed by atoms with van der Waals surface area (Å²) < 4.78 is 5.25. The first-order valence-corrected chi connectivity index (χ1v) is 7.46. The van der Waals surface area contributed by atoms with E-state index < -0.39 is 0 Å². The van der Waals surface area contributed by atoms with Gasteiger partial charge < -0.3 is 9.42 Å². The molecule has 3 heterocycles. The fourth-order valence-electron chi connectivity index (χ4n) is 3.34. The van der Waals surface area contributed by atoms with E-state index in [1.807, 2.05) is 19.2 Å². The van der Waals surface area contributed by atoms with Gasteiger partial charge in [-0.1, -0.05) is 17.3 Å². The van der Waals surface area contributed by atoms with Gasteiger partial charge in [0.25, 0.3) is 5.89 Å². The Morgan fingerprint density at radius 1 is 1.19 bits per heavy atom. The molecule has 0 radical (unpaired) electrons. The van der Waals surface area contributed by atoms with Crippen LogP contribution in [0.15, 0.2) is 35.0 Å². The molecule has 5 nitrogen and oxygen atoms in total. The molecule has 5 heteroatoms. The molecular formula is C16H18N4O. The van der Waals surface area contributed by atoms with Crippen LogP contribution in [0.25, 0.3) is 11.5 Å². The van der Waals surface area contributed by atoms with Gasteiger partial charge in [-0.05, 0) is 43.7 Å². The van der Waals surface area contributed by atoms with Crippen molar-refractivity contribution in [3.05, 3.63) is 36.3 Å². The molecule has 1 saturated heterocycles. The van der Waals surface area contributed by atoms with E-state index >= 15 is 0 Å². The summed E-state index contributed by atoms with van der Waals surface area (Å²) in [4.78, 5) is 11.2. The Labute approximate surface area is 123 Å². The molecule has 0 bridgehead atoms. The average molecular weight is 282 g/mol. The summed E-state index contributed by atoms with van der Waals surface area (Å²) in [6, 6.07) is 3.97. The SMILES string of the molecule is Cc1noc(-c2ccnc(N3CC4CC=CCC4C3)c2)n1. The van der Waals surface area contributed by atoms with Gasteiger partial charge in [0.1, 0.15) is 5.82 Å². The van der Waals surface area contributed by atoms with Gasteiger partial charge in [-0.2, -0.15) is 4.98 Å². The fraction of sp³-hybridized carbons (Fsp3) is 0.438. The van der Waals surface area contributed by atoms with E-state index in [9.17, 15) is 0 Å². The lowest BCUT2D eigenvalue weighted by Gasteiger charge is -2.17. The average Bonchev–Trinajstić information content (AvgIpc) is 3.13. The predicted molar refractivity (Wildman–Crippen MR) is 79.8 cm³/mol. The predicted octanol–water partition coefficient (Wildman–Crippen LogP) is 2.84. The lowest BCUT2D eigenvalue weighted by atomic mass is 9.86. The maximum absolute atomic E-state index is 5.25. The fourth-order valence-corrected chi connectivity index (χ4v) is 3.34. The molecule has 1 aliphatic carbocycles. The number of hydrogen-bond acceptors (Lipinski definition) is 5. The van der Waals surface area contributed by atoms with E-state index in [2.05, 4.69) is 38.2 Å². The van der Waals surface area contributed by atoms with Crippen LogP contribution in [0.1, 0.15) is 18.7 Å². The minimum absolute atomic E-state index is 0.564. The van der Waals surface area contributed by atoms with Crippen molar-refractivity contribution in [2.45, 2.75) is 19.8 Å². The van der Waals surface area contributed by atoms with Gasteiger partial charge in [-0.25, -0.2) is 4.98 Å². The van der Waals surface area contributed by atoms with E-state index in [0.717, 1.165) is 36.3 Å². The molecule has 1 fully saturated rings. The van der Waals surface area contributed by atoms with Crippen LogP contribution in [-0.4, -0.2) is 28.2 Å². The minimum Gasteiger partial charge on any atom is -0.356 e. The molecule has 4 rings (SSSR count). The monoisotopic (exact) mass is 282 g/mol. The number of pyridine rings is 1. The molecule has 0 aromatic carbocycles. The highest BCUT2D eigenvalue weighted by atomic mass is 16.5. The van der Waals surface area contributed by atoms with Crippen molar-refractivity contribution in [2.24, 2.45) is 11.8 Å². The van der Waals surface area contributed by atoms with E-state index in [1.165, 1.54) is 12.8 Å². The quantitative estimate of drug-likeness (QED) is 0.793. The van der Waals surface area contributed by atoms with Gasteiger partial charge in [0.2, 0.25) is 0 Å². The summed E-state index contributed by atoms with van der Waals surface area (Å²) in [5, 5.41) is 3.85. The number of nitrogens with zero attached hydrogens (tertiary/aromatic N) is 4. The number of hydrogen-bond donors (Lipinski definition) is 0. The van der Waals surface area contributed by atoms with Crippen molar-refractivity contribution in [1.82, 2.24) is 15.1 Å². The first kappa shape index (κ1) is 12.6. The Morgan fingerprint density at radius 3 is 2.62 bits per heavy atom. The van der Waals surface area contributed by atoms with Crippen molar-refractivity contribution in [1.29, 1.82) is 0 Å². The third-order valence-corrected chi connectivity index (χ3v) is 4.46. The van der Waals surface area contributed by atoms with Crippen LogP contribution in [-0.2, 0) is 0 Å². The highest BCUT2D eigenvalue weighted by molar-refractivity contribution is 5.59. The molecule has 0 saturated carbocycles. The molecule has 0 spiro atoms. The number of aryl methyl sites for hydroxylation is 1. The number of rotatable bonds is 2. The second-order valence-electron chi connectivity index (χ2n) is 5.92. The first-order chi connectivity index (χ1) is 10.3. The van der Waals surface area contributed by atoms with Crippen LogP contribution >= 0.6 is 0 Å². The van der Waals surface area contributed by atoms with Gasteiger partial charge in [-0.3, -0.25) is 0 Å². The van der Waals surface area contributed by atoms with Gasteiger partial charge in [0.15, 0.2) is 5.82 Å². The van der Waals surface area contributed by atoms with E-state index in [1.54, 1.807) is 0 Å². The molecule has 2 aliphatic rings. The maximum atomic E-state index is 5.25. The van der Waals surface area contributed by atoms with E-state index in [0.29, 0.717) is 11.7 Å². The number of allylic oxidation sites excluding steroid dienone is 2. The number of anilines is 1. The van der Waals surface area contributed by atoms with Crippen molar-refractivity contribution in [3.63, 3.8) is 0 Å². The molecule has 2 atom stereocenters. The lowest BCUT2D eigenvalue weighted by molar-refractivity contribution is 0.411. The maximum Gasteiger partial charge on any atom is 0.258 e. The Bertz CT molecular complexity index is 662. The normalized spacial score (nSPS) is 24.3. The zero-order valence-electron chi connectivity index (χ0n) is 12.1. The molecule has 108 valence electrons. The molecular weight excluding hydrogens is 264 g/mol. The highest BCUT2D eigenvalue weighted by Crippen LogP contribution is 2.35.